The molecule has 17 heavy (non-hydrogen) atoms. The smallest absolute Gasteiger partial charge is 0.319 e. The summed E-state index contributed by atoms with van der Waals surface area (Å²) in [6.45, 7) is 0. The molecule has 0 aromatic heterocycles. The Balaban J connectivity index is 2.18. The van der Waals surface area contributed by atoms with E-state index in [1.807, 2.05) is 0 Å². The average Bonchev–Trinajstić information content (AvgIpc) is 2.38. The van der Waals surface area contributed by atoms with Crippen molar-refractivity contribution in [3.8, 4) is 0 Å². The molecule has 1 unspecified atom stereocenters. The van der Waals surface area contributed by atoms with Gasteiger partial charge in [-0.2, -0.15) is 0 Å². The molecule has 92 valence electrons. The van der Waals surface area contributed by atoms with E-state index in [2.05, 4.69) is 34.1 Å². The van der Waals surface area contributed by atoms with Crippen LogP contribution in [0.15, 0.2) is 18.2 Å². The lowest BCUT2D eigenvalue weighted by Crippen LogP contribution is -2.19. The predicted molar refractivity (Wildman–Crippen MR) is 71.5 cm³/mol. The molecular formula is C14H17BrO2. The van der Waals surface area contributed by atoms with Crippen LogP contribution in [0.1, 0.15) is 29.5 Å². The quantitative estimate of drug-likeness (QED) is 0.633. The summed E-state index contributed by atoms with van der Waals surface area (Å²) >= 11 is 3.39. The van der Waals surface area contributed by atoms with Crippen molar-refractivity contribution < 1.29 is 9.53 Å². The number of fused-ring (bicyclic) bond motifs is 1. The highest BCUT2D eigenvalue weighted by molar-refractivity contribution is 9.10. The summed E-state index contributed by atoms with van der Waals surface area (Å²) in [5.74, 6) is -0.196. The van der Waals surface area contributed by atoms with Crippen LogP contribution in [0.5, 0.6) is 0 Å². The Bertz CT molecular complexity index is 415. The summed E-state index contributed by atoms with van der Waals surface area (Å²) in [6, 6.07) is 6.43. The van der Waals surface area contributed by atoms with Gasteiger partial charge in [0.05, 0.1) is 7.11 Å². The highest BCUT2D eigenvalue weighted by Gasteiger charge is 2.19. The van der Waals surface area contributed by atoms with Crippen molar-refractivity contribution in [2.24, 2.45) is 0 Å². The third-order valence-electron chi connectivity index (χ3n) is 3.35. The predicted octanol–water partition coefficient (Wildman–Crippen LogP) is 3.04. The average molecular weight is 297 g/mol. The van der Waals surface area contributed by atoms with Gasteiger partial charge in [-0.15, -0.1) is 0 Å². The molecular weight excluding hydrogens is 280 g/mol. The Kier molecular flexibility index (Phi) is 4.21. The van der Waals surface area contributed by atoms with Gasteiger partial charge in [-0.05, 0) is 48.8 Å². The highest BCUT2D eigenvalue weighted by Crippen LogP contribution is 2.26. The number of carbonyl (C=O) groups is 1. The first-order chi connectivity index (χ1) is 8.22. The lowest BCUT2D eigenvalue weighted by Gasteiger charge is -2.20. The first-order valence-corrected chi connectivity index (χ1v) is 6.95. The third kappa shape index (κ3) is 2.89. The zero-order valence-corrected chi connectivity index (χ0v) is 11.6. The third-order valence-corrected chi connectivity index (χ3v) is 4.05. The van der Waals surface area contributed by atoms with E-state index in [4.69, 9.17) is 4.74 Å². The van der Waals surface area contributed by atoms with Crippen LogP contribution < -0.4 is 0 Å². The van der Waals surface area contributed by atoms with Gasteiger partial charge in [0.15, 0.2) is 0 Å². The molecule has 0 saturated heterocycles. The first-order valence-electron chi connectivity index (χ1n) is 6.04. The van der Waals surface area contributed by atoms with Crippen LogP contribution in [0.25, 0.3) is 0 Å². The van der Waals surface area contributed by atoms with E-state index in [1.165, 1.54) is 43.1 Å². The van der Waals surface area contributed by atoms with Gasteiger partial charge >= 0.3 is 5.97 Å². The summed E-state index contributed by atoms with van der Waals surface area (Å²) in [7, 11) is 1.43. The maximum atomic E-state index is 11.4. The molecule has 3 heteroatoms. The maximum absolute atomic E-state index is 11.4. The minimum Gasteiger partial charge on any atom is -0.468 e. The van der Waals surface area contributed by atoms with Gasteiger partial charge < -0.3 is 4.74 Å². The number of carbonyl (C=O) groups excluding carboxylic acids is 1. The molecule has 0 N–H and O–H groups in total. The van der Waals surface area contributed by atoms with Gasteiger partial charge in [0.25, 0.3) is 0 Å². The van der Waals surface area contributed by atoms with Crippen molar-refractivity contribution in [1.82, 2.24) is 0 Å². The topological polar surface area (TPSA) is 26.3 Å². The van der Waals surface area contributed by atoms with Crippen molar-refractivity contribution in [1.29, 1.82) is 0 Å². The molecule has 0 spiro atoms. The van der Waals surface area contributed by atoms with Crippen LogP contribution in [-0.2, 0) is 28.8 Å². The number of alkyl halides is 1. The summed E-state index contributed by atoms with van der Waals surface area (Å²) in [4.78, 5) is 11.2. The summed E-state index contributed by atoms with van der Waals surface area (Å²) in [5, 5.41) is 0. The summed E-state index contributed by atoms with van der Waals surface area (Å²) < 4.78 is 4.74. The Morgan fingerprint density at radius 1 is 1.41 bits per heavy atom. The van der Waals surface area contributed by atoms with Crippen molar-refractivity contribution >= 4 is 21.9 Å². The van der Waals surface area contributed by atoms with Gasteiger partial charge in [0, 0.05) is 0 Å². The lowest BCUT2D eigenvalue weighted by atomic mass is 9.87. The molecule has 0 aliphatic heterocycles. The molecule has 2 nitrogen and oxygen atoms in total. The van der Waals surface area contributed by atoms with Crippen molar-refractivity contribution in [2.75, 3.05) is 7.11 Å². The second kappa shape index (κ2) is 5.67. The number of esters is 1. The monoisotopic (exact) mass is 296 g/mol. The van der Waals surface area contributed by atoms with Gasteiger partial charge in [-0.1, -0.05) is 34.1 Å². The van der Waals surface area contributed by atoms with Crippen molar-refractivity contribution in [3.63, 3.8) is 0 Å². The van der Waals surface area contributed by atoms with E-state index in [1.54, 1.807) is 0 Å². The maximum Gasteiger partial charge on any atom is 0.319 e. The second-order valence-electron chi connectivity index (χ2n) is 4.46. The van der Waals surface area contributed by atoms with Gasteiger partial charge in [0.2, 0.25) is 0 Å². The number of rotatable bonds is 3. The molecule has 0 bridgehead atoms. The standard InChI is InChI=1S/C14H17BrO2/c1-17-14(16)13(15)9-11-7-4-6-10-5-2-3-8-12(10)11/h4,6-7,13H,2-3,5,8-9H2,1H3. The van der Waals surface area contributed by atoms with Gasteiger partial charge in [-0.3, -0.25) is 4.79 Å². The number of benzene rings is 1. The molecule has 0 amide bonds. The lowest BCUT2D eigenvalue weighted by molar-refractivity contribution is -0.139. The fraction of sp³-hybridized carbons (Fsp3) is 0.500. The molecule has 1 aliphatic rings. The zero-order valence-electron chi connectivity index (χ0n) is 10.0. The number of halogens is 1. The molecule has 1 aromatic rings. The summed E-state index contributed by atoms with van der Waals surface area (Å²) in [5.41, 5.74) is 4.19. The zero-order chi connectivity index (χ0) is 12.3. The van der Waals surface area contributed by atoms with Crippen LogP contribution in [-0.4, -0.2) is 17.9 Å². The van der Waals surface area contributed by atoms with Crippen LogP contribution in [0.4, 0.5) is 0 Å². The fourth-order valence-electron chi connectivity index (χ4n) is 2.46. The molecule has 0 heterocycles. The minimum absolute atomic E-state index is 0.196. The molecule has 1 aliphatic carbocycles. The molecule has 0 radical (unpaired) electrons. The number of methoxy groups -OCH3 is 1. The number of ether oxygens (including phenoxy) is 1. The van der Waals surface area contributed by atoms with Gasteiger partial charge in [-0.25, -0.2) is 0 Å². The Morgan fingerprint density at radius 3 is 2.94 bits per heavy atom. The summed E-state index contributed by atoms with van der Waals surface area (Å²) in [6.07, 6.45) is 5.58. The van der Waals surface area contributed by atoms with Gasteiger partial charge in [0.1, 0.15) is 4.83 Å². The van der Waals surface area contributed by atoms with E-state index in [-0.39, 0.29) is 10.8 Å². The van der Waals surface area contributed by atoms with Crippen LogP contribution >= 0.6 is 15.9 Å². The second-order valence-corrected chi connectivity index (χ2v) is 5.56. The molecule has 1 aromatic carbocycles. The molecule has 0 saturated carbocycles. The normalized spacial score (nSPS) is 16.1. The molecule has 2 rings (SSSR count). The minimum atomic E-state index is -0.235. The Morgan fingerprint density at radius 2 is 2.18 bits per heavy atom. The fourth-order valence-corrected chi connectivity index (χ4v) is 2.99. The van der Waals surface area contributed by atoms with Crippen molar-refractivity contribution in [2.45, 2.75) is 36.9 Å². The van der Waals surface area contributed by atoms with Crippen LogP contribution in [0.3, 0.4) is 0 Å². The highest BCUT2D eigenvalue weighted by atomic mass is 79.9. The van der Waals surface area contributed by atoms with E-state index in [9.17, 15) is 4.79 Å². The van der Waals surface area contributed by atoms with E-state index >= 15 is 0 Å². The SMILES string of the molecule is COC(=O)C(Br)Cc1cccc2c1CCCC2. The number of hydrogen-bond donors (Lipinski definition) is 0. The molecule has 0 fully saturated rings. The molecule has 1 atom stereocenters. The van der Waals surface area contributed by atoms with E-state index in [0.29, 0.717) is 0 Å². The number of hydrogen-bond acceptors (Lipinski definition) is 2. The first kappa shape index (κ1) is 12.6. The largest absolute Gasteiger partial charge is 0.468 e. The Labute approximate surface area is 110 Å². The van der Waals surface area contributed by atoms with Crippen LogP contribution in [0, 0.1) is 0 Å². The Hall–Kier alpha value is -0.830. The van der Waals surface area contributed by atoms with E-state index in [0.717, 1.165) is 12.8 Å². The van der Waals surface area contributed by atoms with Crippen LogP contribution in [0.2, 0.25) is 0 Å². The van der Waals surface area contributed by atoms with E-state index < -0.39 is 0 Å². The number of aryl methyl sites for hydroxylation is 1. The van der Waals surface area contributed by atoms with Crippen molar-refractivity contribution in [3.05, 3.63) is 34.9 Å².